The summed E-state index contributed by atoms with van der Waals surface area (Å²) >= 11 is 11.4. The van der Waals surface area contributed by atoms with Gasteiger partial charge in [-0.1, -0.05) is 11.6 Å². The number of hydrogen-bond donors (Lipinski definition) is 0. The first-order valence-corrected chi connectivity index (χ1v) is 4.41. The van der Waals surface area contributed by atoms with Gasteiger partial charge in [0.15, 0.2) is 11.4 Å². The second kappa shape index (κ2) is 3.48. The van der Waals surface area contributed by atoms with Gasteiger partial charge in [-0.3, -0.25) is 4.79 Å². The minimum absolute atomic E-state index is 0.0585. The van der Waals surface area contributed by atoms with Crippen molar-refractivity contribution in [1.29, 1.82) is 0 Å². The van der Waals surface area contributed by atoms with E-state index in [1.165, 1.54) is 6.07 Å². The van der Waals surface area contributed by atoms with E-state index in [0.29, 0.717) is 17.3 Å². The lowest BCUT2D eigenvalue weighted by molar-refractivity contribution is 0.111. The third-order valence-electron chi connectivity index (χ3n) is 1.61. The van der Waals surface area contributed by atoms with Gasteiger partial charge in [-0.25, -0.2) is 15.0 Å². The molecule has 2 rings (SSSR count). The van der Waals surface area contributed by atoms with Crippen LogP contribution in [0.4, 0.5) is 0 Å². The van der Waals surface area contributed by atoms with Gasteiger partial charge in [-0.2, -0.15) is 0 Å². The first-order chi connectivity index (χ1) is 6.70. The summed E-state index contributed by atoms with van der Waals surface area (Å²) in [6.45, 7) is 0. The molecule has 0 aliphatic rings. The van der Waals surface area contributed by atoms with Crippen LogP contribution in [-0.2, 0) is 0 Å². The van der Waals surface area contributed by atoms with Crippen LogP contribution in [0.2, 0.25) is 10.4 Å². The van der Waals surface area contributed by atoms with Crippen LogP contribution in [0.15, 0.2) is 12.1 Å². The molecule has 0 bridgehead atoms. The van der Waals surface area contributed by atoms with E-state index in [1.807, 2.05) is 0 Å². The molecular formula is C8H3Cl2N3O. The van der Waals surface area contributed by atoms with E-state index < -0.39 is 0 Å². The van der Waals surface area contributed by atoms with Gasteiger partial charge in [0.2, 0.25) is 5.28 Å². The van der Waals surface area contributed by atoms with E-state index in [-0.39, 0.29) is 16.1 Å². The smallest absolute Gasteiger partial charge is 0.224 e. The van der Waals surface area contributed by atoms with Crippen molar-refractivity contribution in [2.24, 2.45) is 0 Å². The number of fused-ring (bicyclic) bond motifs is 1. The molecule has 70 valence electrons. The minimum atomic E-state index is 0.0585. The predicted octanol–water partition coefficient (Wildman–Crippen LogP) is 2.14. The summed E-state index contributed by atoms with van der Waals surface area (Å²) in [4.78, 5) is 22.0. The SMILES string of the molecule is O=Cc1ccc2nc(Cl)nc(Cl)c2n1. The van der Waals surface area contributed by atoms with Crippen molar-refractivity contribution in [3.63, 3.8) is 0 Å². The molecule has 0 N–H and O–H groups in total. The molecule has 4 nitrogen and oxygen atoms in total. The molecule has 0 amide bonds. The zero-order chi connectivity index (χ0) is 10.1. The van der Waals surface area contributed by atoms with Gasteiger partial charge < -0.3 is 0 Å². The van der Waals surface area contributed by atoms with E-state index in [1.54, 1.807) is 6.07 Å². The summed E-state index contributed by atoms with van der Waals surface area (Å²) in [6, 6.07) is 3.15. The molecule has 6 heteroatoms. The van der Waals surface area contributed by atoms with Crippen LogP contribution in [0.5, 0.6) is 0 Å². The molecule has 2 heterocycles. The molecule has 0 spiro atoms. The quantitative estimate of drug-likeness (QED) is 0.426. The fraction of sp³-hybridized carbons (Fsp3) is 0. The highest BCUT2D eigenvalue weighted by Gasteiger charge is 2.06. The average Bonchev–Trinajstić information content (AvgIpc) is 2.17. The van der Waals surface area contributed by atoms with Crippen molar-refractivity contribution in [2.45, 2.75) is 0 Å². The summed E-state index contributed by atoms with van der Waals surface area (Å²) in [6.07, 6.45) is 0.629. The van der Waals surface area contributed by atoms with Crippen molar-refractivity contribution >= 4 is 40.5 Å². The second-order valence-corrected chi connectivity index (χ2v) is 3.20. The van der Waals surface area contributed by atoms with E-state index >= 15 is 0 Å². The van der Waals surface area contributed by atoms with Gasteiger partial charge in [0, 0.05) is 0 Å². The van der Waals surface area contributed by atoms with Crippen molar-refractivity contribution in [3.05, 3.63) is 28.3 Å². The number of pyridine rings is 1. The fourth-order valence-electron chi connectivity index (χ4n) is 1.03. The molecule has 0 atom stereocenters. The Kier molecular flexibility index (Phi) is 2.31. The van der Waals surface area contributed by atoms with Gasteiger partial charge >= 0.3 is 0 Å². The molecular weight excluding hydrogens is 225 g/mol. The highest BCUT2D eigenvalue weighted by molar-refractivity contribution is 6.35. The number of carbonyl (C=O) groups excluding carboxylic acids is 1. The maximum Gasteiger partial charge on any atom is 0.224 e. The van der Waals surface area contributed by atoms with E-state index in [4.69, 9.17) is 23.2 Å². The predicted molar refractivity (Wildman–Crippen MR) is 52.7 cm³/mol. The summed E-state index contributed by atoms with van der Waals surface area (Å²) in [5.41, 5.74) is 1.17. The summed E-state index contributed by atoms with van der Waals surface area (Å²) in [5, 5.41) is 0.201. The van der Waals surface area contributed by atoms with Crippen LogP contribution in [0.1, 0.15) is 10.5 Å². The van der Waals surface area contributed by atoms with Crippen molar-refractivity contribution in [2.75, 3.05) is 0 Å². The largest absolute Gasteiger partial charge is 0.296 e. The summed E-state index contributed by atoms with van der Waals surface area (Å²) in [7, 11) is 0. The lowest BCUT2D eigenvalue weighted by Crippen LogP contribution is -1.93. The first kappa shape index (κ1) is 9.30. The molecule has 0 aliphatic carbocycles. The molecule has 0 aliphatic heterocycles. The first-order valence-electron chi connectivity index (χ1n) is 3.65. The molecule has 0 unspecified atom stereocenters. The molecule has 0 radical (unpaired) electrons. The third kappa shape index (κ3) is 1.54. The van der Waals surface area contributed by atoms with Crippen molar-refractivity contribution in [1.82, 2.24) is 15.0 Å². The summed E-state index contributed by atoms with van der Waals surface area (Å²) in [5.74, 6) is 0. The third-order valence-corrected chi connectivity index (χ3v) is 2.05. The Bertz CT molecular complexity index is 515. The van der Waals surface area contributed by atoms with Crippen LogP contribution in [0, 0.1) is 0 Å². The molecule has 0 aromatic carbocycles. The number of carbonyl (C=O) groups is 1. The highest BCUT2D eigenvalue weighted by atomic mass is 35.5. The van der Waals surface area contributed by atoms with Crippen LogP contribution >= 0.6 is 23.2 Å². The molecule has 0 saturated heterocycles. The van der Waals surface area contributed by atoms with E-state index in [2.05, 4.69) is 15.0 Å². The lowest BCUT2D eigenvalue weighted by atomic mass is 10.3. The Morgan fingerprint density at radius 3 is 2.64 bits per heavy atom. The van der Waals surface area contributed by atoms with Gasteiger partial charge in [0.05, 0.1) is 5.52 Å². The fourth-order valence-corrected chi connectivity index (χ4v) is 1.47. The number of halogens is 2. The van der Waals surface area contributed by atoms with Gasteiger partial charge in [0.25, 0.3) is 0 Å². The number of nitrogens with zero attached hydrogens (tertiary/aromatic N) is 3. The number of hydrogen-bond acceptors (Lipinski definition) is 4. The van der Waals surface area contributed by atoms with Gasteiger partial charge in [0.1, 0.15) is 11.2 Å². The Morgan fingerprint density at radius 2 is 1.93 bits per heavy atom. The number of rotatable bonds is 1. The highest BCUT2D eigenvalue weighted by Crippen LogP contribution is 2.19. The van der Waals surface area contributed by atoms with Crippen LogP contribution < -0.4 is 0 Å². The lowest BCUT2D eigenvalue weighted by Gasteiger charge is -1.99. The monoisotopic (exact) mass is 227 g/mol. The molecule has 0 saturated carbocycles. The van der Waals surface area contributed by atoms with Crippen molar-refractivity contribution in [3.8, 4) is 0 Å². The van der Waals surface area contributed by atoms with Gasteiger partial charge in [-0.05, 0) is 23.7 Å². The zero-order valence-corrected chi connectivity index (χ0v) is 8.25. The minimum Gasteiger partial charge on any atom is -0.296 e. The van der Waals surface area contributed by atoms with Crippen molar-refractivity contribution < 1.29 is 4.79 Å². The Labute approximate surface area is 88.9 Å². The normalized spacial score (nSPS) is 10.4. The average molecular weight is 228 g/mol. The van der Waals surface area contributed by atoms with Crippen LogP contribution in [0.25, 0.3) is 11.0 Å². The number of aromatic nitrogens is 3. The molecule has 2 aromatic heterocycles. The standard InChI is InChI=1S/C8H3Cl2N3O/c9-7-6-5(12-8(10)13-7)2-1-4(3-14)11-6/h1-3H. The Balaban J connectivity index is 2.81. The Morgan fingerprint density at radius 1 is 1.14 bits per heavy atom. The molecule has 14 heavy (non-hydrogen) atoms. The molecule has 0 fully saturated rings. The Hall–Kier alpha value is -1.26. The number of aldehydes is 1. The van der Waals surface area contributed by atoms with Gasteiger partial charge in [-0.15, -0.1) is 0 Å². The zero-order valence-electron chi connectivity index (χ0n) is 6.74. The topological polar surface area (TPSA) is 55.7 Å². The van der Waals surface area contributed by atoms with Crippen LogP contribution in [-0.4, -0.2) is 21.2 Å². The molecule has 2 aromatic rings. The van der Waals surface area contributed by atoms with E-state index in [0.717, 1.165) is 0 Å². The second-order valence-electron chi connectivity index (χ2n) is 2.51. The van der Waals surface area contributed by atoms with Crippen LogP contribution in [0.3, 0.4) is 0 Å². The maximum atomic E-state index is 10.5. The van der Waals surface area contributed by atoms with E-state index in [9.17, 15) is 4.79 Å². The maximum absolute atomic E-state index is 10.5. The summed E-state index contributed by atoms with van der Waals surface area (Å²) < 4.78 is 0.